The van der Waals surface area contributed by atoms with Crippen LogP contribution in [0.25, 0.3) is 0 Å². The van der Waals surface area contributed by atoms with Crippen LogP contribution in [0.1, 0.15) is 23.1 Å². The topological polar surface area (TPSA) is 44.1 Å². The number of benzene rings is 3. The zero-order chi connectivity index (χ0) is 21.7. The molecule has 3 aromatic carbocycles. The van der Waals surface area contributed by atoms with Crippen molar-refractivity contribution in [2.45, 2.75) is 13.1 Å². The van der Waals surface area contributed by atoms with Gasteiger partial charge in [0.2, 0.25) is 0 Å². The molecule has 0 saturated carbocycles. The first-order chi connectivity index (χ1) is 15.1. The minimum Gasteiger partial charge on any atom is -0.461 e. The molecule has 4 rings (SSSR count). The first-order valence-electron chi connectivity index (χ1n) is 10.4. The normalized spacial score (nSPS) is 11.3. The van der Waals surface area contributed by atoms with Gasteiger partial charge < -0.3 is 4.74 Å². The third-order valence-corrected chi connectivity index (χ3v) is 9.79. The van der Waals surface area contributed by atoms with Gasteiger partial charge in [-0.2, -0.15) is 5.10 Å². The fraction of sp³-hybridized carbons (Fsp3) is 0.154. The van der Waals surface area contributed by atoms with Gasteiger partial charge in [-0.3, -0.25) is 4.68 Å². The van der Waals surface area contributed by atoms with Gasteiger partial charge in [-0.15, -0.1) is 0 Å². The summed E-state index contributed by atoms with van der Waals surface area (Å²) >= 11 is 0. The molecule has 0 fully saturated rings. The van der Waals surface area contributed by atoms with E-state index in [0.717, 1.165) is 11.9 Å². The van der Waals surface area contributed by atoms with Gasteiger partial charge in [-0.05, 0) is 49.4 Å². The Balaban J connectivity index is 1.92. The van der Waals surface area contributed by atoms with Crippen LogP contribution in [-0.4, -0.2) is 22.4 Å². The summed E-state index contributed by atoms with van der Waals surface area (Å²) in [6.45, 7) is 2.14. The number of esters is 1. The van der Waals surface area contributed by atoms with Gasteiger partial charge in [-0.25, -0.2) is 4.79 Å². The molecule has 0 bridgehead atoms. The van der Waals surface area contributed by atoms with E-state index in [9.17, 15) is 4.79 Å². The molecule has 0 atom stereocenters. The molecule has 0 N–H and O–H groups in total. The summed E-state index contributed by atoms with van der Waals surface area (Å²) in [5.74, 6) is -0.382. The van der Waals surface area contributed by atoms with Crippen molar-refractivity contribution < 1.29 is 9.53 Å². The van der Waals surface area contributed by atoms with Gasteiger partial charge in [-0.1, -0.05) is 54.6 Å². The number of carbonyl (C=O) groups is 1. The first kappa shape index (κ1) is 21.0. The standard InChI is InChI=1S/C26H26N2O2P/c1-3-30-26(29)25-19-21(28(2)27-25)20-31(22-13-7-4-8-14-22,23-15-9-5-10-16-23)24-17-11-6-12-18-24/h4-19H,3,20H2,1-2H3/q+1. The lowest BCUT2D eigenvalue weighted by Crippen LogP contribution is -2.32. The Hall–Kier alpha value is -3.23. The van der Waals surface area contributed by atoms with E-state index in [1.54, 1.807) is 6.92 Å². The molecule has 0 aliphatic carbocycles. The van der Waals surface area contributed by atoms with E-state index in [2.05, 4.69) is 96.1 Å². The molecule has 4 nitrogen and oxygen atoms in total. The molecule has 4 aromatic rings. The van der Waals surface area contributed by atoms with E-state index in [1.807, 2.05) is 17.8 Å². The van der Waals surface area contributed by atoms with Crippen molar-refractivity contribution in [1.29, 1.82) is 0 Å². The van der Waals surface area contributed by atoms with E-state index in [4.69, 9.17) is 4.74 Å². The third-order valence-electron chi connectivity index (χ3n) is 5.45. The molecule has 0 unspecified atom stereocenters. The van der Waals surface area contributed by atoms with Crippen LogP contribution >= 0.6 is 7.26 Å². The maximum atomic E-state index is 12.3. The number of nitrogens with zero attached hydrogens (tertiary/aromatic N) is 2. The summed E-state index contributed by atoms with van der Waals surface area (Å²) in [6, 6.07) is 33.9. The zero-order valence-electron chi connectivity index (χ0n) is 17.8. The number of hydrogen-bond acceptors (Lipinski definition) is 3. The van der Waals surface area contributed by atoms with Gasteiger partial charge in [0.1, 0.15) is 29.3 Å². The maximum Gasteiger partial charge on any atom is 0.358 e. The second-order valence-corrected chi connectivity index (χ2v) is 10.8. The Morgan fingerprint density at radius 2 is 1.29 bits per heavy atom. The lowest BCUT2D eigenvalue weighted by Gasteiger charge is -2.27. The maximum absolute atomic E-state index is 12.3. The predicted molar refractivity (Wildman–Crippen MR) is 128 cm³/mol. The number of ether oxygens (including phenoxy) is 1. The zero-order valence-corrected chi connectivity index (χ0v) is 18.7. The molecule has 0 saturated heterocycles. The number of aryl methyl sites for hydroxylation is 1. The van der Waals surface area contributed by atoms with Gasteiger partial charge in [0.25, 0.3) is 0 Å². The Morgan fingerprint density at radius 1 is 0.839 bits per heavy atom. The molecule has 0 aliphatic heterocycles. The van der Waals surface area contributed by atoms with E-state index in [0.29, 0.717) is 12.3 Å². The minimum absolute atomic E-state index is 0.333. The number of hydrogen-bond donors (Lipinski definition) is 0. The van der Waals surface area contributed by atoms with E-state index >= 15 is 0 Å². The summed E-state index contributed by atoms with van der Waals surface area (Å²) in [4.78, 5) is 12.3. The van der Waals surface area contributed by atoms with Crippen molar-refractivity contribution >= 4 is 29.1 Å². The lowest BCUT2D eigenvalue weighted by molar-refractivity contribution is 0.0518. The summed E-state index contributed by atoms with van der Waals surface area (Å²) in [7, 11) is -0.151. The van der Waals surface area contributed by atoms with Gasteiger partial charge in [0, 0.05) is 7.05 Å². The Kier molecular flexibility index (Phi) is 6.29. The van der Waals surface area contributed by atoms with Crippen molar-refractivity contribution in [2.75, 3.05) is 6.61 Å². The summed E-state index contributed by atoms with van der Waals surface area (Å²) < 4.78 is 6.99. The SMILES string of the molecule is CCOC(=O)c1cc(C[P+](c2ccccc2)(c2ccccc2)c2ccccc2)n(C)n1. The monoisotopic (exact) mass is 429 g/mol. The van der Waals surface area contributed by atoms with E-state index in [1.165, 1.54) is 15.9 Å². The fourth-order valence-corrected chi connectivity index (χ4v) is 8.24. The molecule has 5 heteroatoms. The summed E-state index contributed by atoms with van der Waals surface area (Å²) in [5, 5.41) is 8.35. The van der Waals surface area contributed by atoms with Crippen molar-refractivity contribution in [2.24, 2.45) is 7.05 Å². The number of aromatic nitrogens is 2. The van der Waals surface area contributed by atoms with E-state index in [-0.39, 0.29) is 5.97 Å². The highest BCUT2D eigenvalue weighted by Gasteiger charge is 2.46. The van der Waals surface area contributed by atoms with Crippen LogP contribution in [0.15, 0.2) is 97.1 Å². The minimum atomic E-state index is -2.05. The van der Waals surface area contributed by atoms with Crippen LogP contribution in [0, 0.1) is 0 Å². The first-order valence-corrected chi connectivity index (χ1v) is 12.4. The summed E-state index contributed by atoms with van der Waals surface area (Å²) in [6.07, 6.45) is 0.758. The van der Waals surface area contributed by atoms with Crippen LogP contribution in [0.5, 0.6) is 0 Å². The van der Waals surface area contributed by atoms with Crippen molar-refractivity contribution in [3.63, 3.8) is 0 Å². The number of rotatable bonds is 7. The average molecular weight is 429 g/mol. The highest BCUT2D eigenvalue weighted by molar-refractivity contribution is 7.95. The molecule has 1 aromatic heterocycles. The highest BCUT2D eigenvalue weighted by Crippen LogP contribution is 2.58. The Morgan fingerprint density at radius 3 is 1.71 bits per heavy atom. The van der Waals surface area contributed by atoms with Gasteiger partial charge in [0.05, 0.1) is 12.3 Å². The van der Waals surface area contributed by atoms with Crippen molar-refractivity contribution in [3.8, 4) is 0 Å². The predicted octanol–water partition coefficient (Wildman–Crippen LogP) is 4.09. The quantitative estimate of drug-likeness (QED) is 0.328. The van der Waals surface area contributed by atoms with Gasteiger partial charge >= 0.3 is 5.97 Å². The number of carbonyl (C=O) groups excluding carboxylic acids is 1. The molecular weight excluding hydrogens is 403 g/mol. The van der Waals surface area contributed by atoms with Crippen LogP contribution in [0.2, 0.25) is 0 Å². The Bertz CT molecular complexity index is 1050. The molecular formula is C26H26N2O2P+. The second kappa shape index (κ2) is 9.28. The van der Waals surface area contributed by atoms with Crippen LogP contribution < -0.4 is 15.9 Å². The fourth-order valence-electron chi connectivity index (χ4n) is 3.97. The lowest BCUT2D eigenvalue weighted by atomic mass is 10.3. The van der Waals surface area contributed by atoms with Crippen molar-refractivity contribution in [1.82, 2.24) is 9.78 Å². The molecule has 0 radical (unpaired) electrons. The van der Waals surface area contributed by atoms with Crippen LogP contribution in [0.4, 0.5) is 0 Å². The van der Waals surface area contributed by atoms with Gasteiger partial charge in [0.15, 0.2) is 5.69 Å². The smallest absolute Gasteiger partial charge is 0.358 e. The van der Waals surface area contributed by atoms with E-state index < -0.39 is 7.26 Å². The third kappa shape index (κ3) is 4.17. The van der Waals surface area contributed by atoms with Crippen LogP contribution in [-0.2, 0) is 17.9 Å². The van der Waals surface area contributed by atoms with Crippen molar-refractivity contribution in [3.05, 3.63) is 108 Å². The molecule has 156 valence electrons. The molecule has 31 heavy (non-hydrogen) atoms. The average Bonchev–Trinajstić information content (AvgIpc) is 3.19. The molecule has 0 spiro atoms. The van der Waals surface area contributed by atoms with Crippen LogP contribution in [0.3, 0.4) is 0 Å². The molecule has 0 aliphatic rings. The molecule has 1 heterocycles. The molecule has 0 amide bonds. The second-order valence-electron chi connectivity index (χ2n) is 7.34. The summed E-state index contributed by atoms with van der Waals surface area (Å²) in [5.41, 5.74) is 1.36. The Labute approximate surface area is 183 Å². The highest BCUT2D eigenvalue weighted by atomic mass is 31.2. The largest absolute Gasteiger partial charge is 0.461 e.